The number of aromatic nitrogens is 1. The summed E-state index contributed by atoms with van der Waals surface area (Å²) in [6, 6.07) is 33.3. The van der Waals surface area contributed by atoms with E-state index in [0.717, 1.165) is 34.1 Å². The van der Waals surface area contributed by atoms with Gasteiger partial charge in [0.2, 0.25) is 0 Å². The maximum absolute atomic E-state index is 13.0. The number of alkyl carbamates (subject to hydrolysis) is 1. The van der Waals surface area contributed by atoms with Gasteiger partial charge in [0.1, 0.15) is 18.2 Å². The Labute approximate surface area is 277 Å². The van der Waals surface area contributed by atoms with Gasteiger partial charge in [-0.2, -0.15) is 0 Å². The smallest absolute Gasteiger partial charge is 0.407 e. The molecular weight excluding hydrogens is 616 g/mol. The molecule has 0 saturated heterocycles. The number of ether oxygens (including phenoxy) is 2. The molecular formula is C38H29ClN2O4S. The highest BCUT2D eigenvalue weighted by Crippen LogP contribution is 2.44. The molecule has 0 fully saturated rings. The third-order valence-corrected chi connectivity index (χ3v) is 9.16. The highest BCUT2D eigenvalue weighted by Gasteiger charge is 2.29. The number of benzene rings is 4. The van der Waals surface area contributed by atoms with Crippen molar-refractivity contribution < 1.29 is 19.1 Å². The summed E-state index contributed by atoms with van der Waals surface area (Å²) in [5, 5.41) is 3.81. The number of halogens is 1. The Morgan fingerprint density at radius 1 is 0.935 bits per heavy atom. The number of aldehydes is 1. The lowest BCUT2D eigenvalue weighted by Gasteiger charge is -2.16. The number of carbonyl (C=O) groups is 2. The lowest BCUT2D eigenvalue weighted by Crippen LogP contribution is -2.26. The molecule has 4 aromatic carbocycles. The molecule has 46 heavy (non-hydrogen) atoms. The molecule has 0 saturated carbocycles. The van der Waals surface area contributed by atoms with E-state index in [4.69, 9.17) is 21.1 Å². The van der Waals surface area contributed by atoms with E-state index in [9.17, 15) is 9.59 Å². The van der Waals surface area contributed by atoms with Crippen LogP contribution in [0.2, 0.25) is 5.02 Å². The summed E-state index contributed by atoms with van der Waals surface area (Å²) in [6.07, 6.45) is 1.83. The largest absolute Gasteiger partial charge is 0.449 e. The summed E-state index contributed by atoms with van der Waals surface area (Å²) in [6.45, 7) is 1.03. The molecule has 0 spiro atoms. The van der Waals surface area contributed by atoms with Crippen LogP contribution in [0, 0.1) is 11.8 Å². The van der Waals surface area contributed by atoms with Gasteiger partial charge >= 0.3 is 6.09 Å². The monoisotopic (exact) mass is 644 g/mol. The molecule has 0 aliphatic heterocycles. The molecule has 6 nitrogen and oxygen atoms in total. The summed E-state index contributed by atoms with van der Waals surface area (Å²) in [7, 11) is 0. The van der Waals surface area contributed by atoms with E-state index in [1.807, 2.05) is 60.7 Å². The summed E-state index contributed by atoms with van der Waals surface area (Å²) in [5.41, 5.74) is 7.50. The maximum Gasteiger partial charge on any atom is 0.407 e. The first-order valence-corrected chi connectivity index (χ1v) is 15.9. The molecule has 0 unspecified atom stereocenters. The van der Waals surface area contributed by atoms with Crippen molar-refractivity contribution in [2.75, 3.05) is 13.2 Å². The molecule has 8 heteroatoms. The van der Waals surface area contributed by atoms with Crippen LogP contribution in [-0.2, 0) is 22.6 Å². The zero-order valence-corrected chi connectivity index (χ0v) is 26.3. The van der Waals surface area contributed by atoms with E-state index in [2.05, 4.69) is 46.4 Å². The molecule has 6 rings (SSSR count). The fourth-order valence-corrected chi connectivity index (χ4v) is 6.71. The maximum atomic E-state index is 13.0. The Balaban J connectivity index is 1.16. The van der Waals surface area contributed by atoms with Crippen molar-refractivity contribution in [2.45, 2.75) is 29.0 Å². The van der Waals surface area contributed by atoms with Crippen LogP contribution >= 0.6 is 23.4 Å². The molecule has 1 heterocycles. The van der Waals surface area contributed by atoms with Crippen molar-refractivity contribution in [3.05, 3.63) is 148 Å². The van der Waals surface area contributed by atoms with Gasteiger partial charge in [-0.15, -0.1) is 0 Å². The van der Waals surface area contributed by atoms with Crippen molar-refractivity contribution in [1.29, 1.82) is 0 Å². The average Bonchev–Trinajstić information content (AvgIpc) is 3.41. The van der Waals surface area contributed by atoms with Crippen molar-refractivity contribution in [3.8, 4) is 23.0 Å². The SMILES string of the molecule is O=Cc1cccnc1Sc1c(Cl)cc(C#CCOCc2ccccc2)cc1CNC(=O)OCC1c2ccccc2-c2ccccc21. The van der Waals surface area contributed by atoms with Crippen LogP contribution in [0.4, 0.5) is 4.79 Å². The zero-order valence-electron chi connectivity index (χ0n) is 24.7. The summed E-state index contributed by atoms with van der Waals surface area (Å²) in [4.78, 5) is 29.7. The first kappa shape index (κ1) is 31.1. The van der Waals surface area contributed by atoms with Crippen molar-refractivity contribution in [2.24, 2.45) is 0 Å². The van der Waals surface area contributed by atoms with Gasteiger partial charge in [0.25, 0.3) is 0 Å². The van der Waals surface area contributed by atoms with Gasteiger partial charge in [-0.1, -0.05) is 114 Å². The van der Waals surface area contributed by atoms with Gasteiger partial charge in [0.05, 0.1) is 11.6 Å². The topological polar surface area (TPSA) is 77.5 Å². The number of nitrogens with one attached hydrogen (secondary N) is 1. The van der Waals surface area contributed by atoms with Crippen LogP contribution in [0.1, 0.15) is 44.1 Å². The lowest BCUT2D eigenvalue weighted by atomic mass is 9.98. The van der Waals surface area contributed by atoms with Crippen LogP contribution in [0.15, 0.2) is 119 Å². The standard InChI is InChI=1S/C38H29ClN2O4S/c39-35-21-27(12-9-19-44-24-26-10-2-1-3-11-26)20-29(36(35)46-37-28(23-42)13-8-18-40-37)22-41-38(43)45-25-34-32-16-6-4-14-30(32)31-15-5-7-17-33(31)34/h1-8,10-11,13-18,20-21,23,34H,19,22,24-25H2,(H,41,43). The number of nitrogens with zero attached hydrogens (tertiary/aromatic N) is 1. The Morgan fingerprint density at radius 2 is 1.65 bits per heavy atom. The van der Waals surface area contributed by atoms with E-state index in [-0.39, 0.29) is 25.7 Å². The molecule has 1 amide bonds. The van der Waals surface area contributed by atoms with Gasteiger partial charge < -0.3 is 14.8 Å². The van der Waals surface area contributed by atoms with E-state index in [0.29, 0.717) is 38.2 Å². The molecule has 1 aromatic heterocycles. The number of pyridine rings is 1. The number of rotatable bonds is 10. The van der Waals surface area contributed by atoms with Gasteiger partial charge in [0, 0.05) is 34.7 Å². The second-order valence-corrected chi connectivity index (χ2v) is 11.9. The van der Waals surface area contributed by atoms with Crippen LogP contribution in [0.5, 0.6) is 0 Å². The third-order valence-electron chi connectivity index (χ3n) is 7.53. The van der Waals surface area contributed by atoms with Crippen LogP contribution in [0.3, 0.4) is 0 Å². The second-order valence-electron chi connectivity index (χ2n) is 10.5. The molecule has 1 N–H and O–H groups in total. The summed E-state index contributed by atoms with van der Waals surface area (Å²) >= 11 is 8.04. The minimum Gasteiger partial charge on any atom is -0.449 e. The number of hydrogen-bond donors (Lipinski definition) is 1. The van der Waals surface area contributed by atoms with Crippen LogP contribution < -0.4 is 5.32 Å². The van der Waals surface area contributed by atoms with E-state index < -0.39 is 6.09 Å². The first-order valence-electron chi connectivity index (χ1n) is 14.7. The van der Waals surface area contributed by atoms with Crippen molar-refractivity contribution in [1.82, 2.24) is 10.3 Å². The van der Waals surface area contributed by atoms with Gasteiger partial charge in [0.15, 0.2) is 6.29 Å². The number of hydrogen-bond acceptors (Lipinski definition) is 6. The Bertz CT molecular complexity index is 1890. The van der Waals surface area contributed by atoms with Crippen molar-refractivity contribution >= 4 is 35.7 Å². The minimum atomic E-state index is -0.550. The van der Waals surface area contributed by atoms with E-state index >= 15 is 0 Å². The summed E-state index contributed by atoms with van der Waals surface area (Å²) in [5.74, 6) is 6.10. The molecule has 1 aliphatic carbocycles. The predicted octanol–water partition coefficient (Wildman–Crippen LogP) is 8.31. The second kappa shape index (κ2) is 14.9. The fourth-order valence-electron chi connectivity index (χ4n) is 5.39. The average molecular weight is 645 g/mol. The number of fused-ring (bicyclic) bond motifs is 3. The quantitative estimate of drug-likeness (QED) is 0.0936. The van der Waals surface area contributed by atoms with Crippen LogP contribution in [-0.4, -0.2) is 30.6 Å². The first-order chi connectivity index (χ1) is 22.6. The number of carbonyl (C=O) groups excluding carboxylic acids is 2. The summed E-state index contributed by atoms with van der Waals surface area (Å²) < 4.78 is 11.4. The minimum absolute atomic E-state index is 0.0488. The van der Waals surface area contributed by atoms with E-state index in [1.165, 1.54) is 11.8 Å². The van der Waals surface area contributed by atoms with Gasteiger partial charge in [-0.3, -0.25) is 4.79 Å². The normalized spacial score (nSPS) is 11.6. The third kappa shape index (κ3) is 7.32. The molecule has 0 atom stereocenters. The Kier molecular flexibility index (Phi) is 10.1. The molecule has 5 aromatic rings. The predicted molar refractivity (Wildman–Crippen MR) is 180 cm³/mol. The highest BCUT2D eigenvalue weighted by atomic mass is 35.5. The molecule has 1 aliphatic rings. The fraction of sp³-hybridized carbons (Fsp3) is 0.132. The van der Waals surface area contributed by atoms with Crippen molar-refractivity contribution in [3.63, 3.8) is 0 Å². The van der Waals surface area contributed by atoms with E-state index in [1.54, 1.807) is 24.4 Å². The lowest BCUT2D eigenvalue weighted by molar-refractivity contribution is 0.112. The van der Waals surface area contributed by atoms with Gasteiger partial charge in [-0.25, -0.2) is 9.78 Å². The van der Waals surface area contributed by atoms with Crippen LogP contribution in [0.25, 0.3) is 11.1 Å². The molecule has 0 bridgehead atoms. The Hall–Kier alpha value is -4.87. The highest BCUT2D eigenvalue weighted by molar-refractivity contribution is 7.99. The molecule has 0 radical (unpaired) electrons. The molecule has 228 valence electrons. The number of amides is 1. The zero-order chi connectivity index (χ0) is 31.7. The Morgan fingerprint density at radius 3 is 2.39 bits per heavy atom. The van der Waals surface area contributed by atoms with Gasteiger partial charge in [-0.05, 0) is 57.6 Å².